The van der Waals surface area contributed by atoms with Crippen molar-refractivity contribution in [3.8, 4) is 0 Å². The number of carbonyl (C=O) groups excluding carboxylic acids is 2. The van der Waals surface area contributed by atoms with Crippen LogP contribution in [0.2, 0.25) is 0 Å². The van der Waals surface area contributed by atoms with Crippen LogP contribution < -0.4 is 5.32 Å². The number of benzene rings is 2. The Kier molecular flexibility index (Phi) is 5.49. The Labute approximate surface area is 148 Å². The molecule has 1 aliphatic heterocycles. The second-order valence-electron chi connectivity index (χ2n) is 6.56. The number of hydrogen-bond acceptors (Lipinski definition) is 2. The summed E-state index contributed by atoms with van der Waals surface area (Å²) in [6, 6.07) is 17.9. The van der Waals surface area contributed by atoms with Gasteiger partial charge in [0.15, 0.2) is 0 Å². The molecule has 130 valence electrons. The number of piperidine rings is 1. The van der Waals surface area contributed by atoms with Gasteiger partial charge < -0.3 is 10.2 Å². The van der Waals surface area contributed by atoms with Crippen LogP contribution >= 0.6 is 0 Å². The van der Waals surface area contributed by atoms with Crippen molar-refractivity contribution in [3.05, 3.63) is 71.3 Å². The van der Waals surface area contributed by atoms with Crippen LogP contribution in [0.15, 0.2) is 54.6 Å². The number of hydrogen-bond donors (Lipinski definition) is 1. The van der Waals surface area contributed by atoms with Crippen molar-refractivity contribution in [2.75, 3.05) is 19.6 Å². The maximum absolute atomic E-state index is 12.4. The van der Waals surface area contributed by atoms with Gasteiger partial charge in [-0.15, -0.1) is 0 Å². The average molecular weight is 336 g/mol. The van der Waals surface area contributed by atoms with Crippen molar-refractivity contribution in [2.24, 2.45) is 0 Å². The van der Waals surface area contributed by atoms with E-state index in [0.29, 0.717) is 11.5 Å². The highest BCUT2D eigenvalue weighted by molar-refractivity contribution is 5.97. The number of rotatable bonds is 4. The summed E-state index contributed by atoms with van der Waals surface area (Å²) in [5.74, 6) is 0.325. The third-order valence-electron chi connectivity index (χ3n) is 4.91. The quantitative estimate of drug-likeness (QED) is 0.932. The highest BCUT2D eigenvalue weighted by atomic mass is 16.2. The zero-order valence-electron chi connectivity index (χ0n) is 14.6. The zero-order chi connectivity index (χ0) is 17.6. The Morgan fingerprint density at radius 1 is 1.00 bits per heavy atom. The predicted octanol–water partition coefficient (Wildman–Crippen LogP) is 3.13. The molecule has 4 nitrogen and oxygen atoms in total. The number of aryl methyl sites for hydroxylation is 1. The molecule has 0 atom stereocenters. The first kappa shape index (κ1) is 17.2. The largest absolute Gasteiger partial charge is 0.343 e. The highest BCUT2D eigenvalue weighted by Crippen LogP contribution is 2.27. The van der Waals surface area contributed by atoms with Gasteiger partial charge in [-0.3, -0.25) is 9.59 Å². The molecule has 1 aliphatic rings. The molecule has 1 saturated heterocycles. The van der Waals surface area contributed by atoms with E-state index in [9.17, 15) is 9.59 Å². The maximum Gasteiger partial charge on any atom is 0.251 e. The number of nitrogens with zero attached hydrogens (tertiary/aromatic N) is 1. The van der Waals surface area contributed by atoms with E-state index in [1.54, 1.807) is 6.07 Å². The van der Waals surface area contributed by atoms with Crippen molar-refractivity contribution in [3.63, 3.8) is 0 Å². The van der Waals surface area contributed by atoms with Gasteiger partial charge in [0.1, 0.15) is 0 Å². The van der Waals surface area contributed by atoms with Gasteiger partial charge in [0.05, 0.1) is 6.54 Å². The van der Waals surface area contributed by atoms with Crippen molar-refractivity contribution in [1.82, 2.24) is 10.2 Å². The molecule has 1 fully saturated rings. The van der Waals surface area contributed by atoms with Gasteiger partial charge in [0.2, 0.25) is 5.91 Å². The molecule has 0 unspecified atom stereocenters. The SMILES string of the molecule is Cc1ccccc1C(=O)NCC(=O)N1CCC(c2ccccc2)CC1. The Bertz CT molecular complexity index is 735. The number of carbonyl (C=O) groups is 2. The van der Waals surface area contributed by atoms with Crippen LogP contribution in [0, 0.1) is 6.92 Å². The lowest BCUT2D eigenvalue weighted by atomic mass is 9.89. The lowest BCUT2D eigenvalue weighted by Gasteiger charge is -2.32. The molecule has 0 aromatic heterocycles. The Morgan fingerprint density at radius 2 is 1.64 bits per heavy atom. The number of nitrogens with one attached hydrogen (secondary N) is 1. The Balaban J connectivity index is 1.48. The van der Waals surface area contributed by atoms with Gasteiger partial charge in [-0.05, 0) is 42.9 Å². The lowest BCUT2D eigenvalue weighted by molar-refractivity contribution is -0.131. The fourth-order valence-electron chi connectivity index (χ4n) is 3.38. The summed E-state index contributed by atoms with van der Waals surface area (Å²) in [6.07, 6.45) is 1.95. The van der Waals surface area contributed by atoms with Gasteiger partial charge >= 0.3 is 0 Å². The predicted molar refractivity (Wildman–Crippen MR) is 98.5 cm³/mol. The lowest BCUT2D eigenvalue weighted by Crippen LogP contribution is -2.43. The minimum Gasteiger partial charge on any atom is -0.343 e. The summed E-state index contributed by atoms with van der Waals surface area (Å²) in [6.45, 7) is 3.45. The van der Waals surface area contributed by atoms with Crippen LogP contribution in [0.1, 0.15) is 40.2 Å². The summed E-state index contributed by atoms with van der Waals surface area (Å²) < 4.78 is 0. The fraction of sp³-hybridized carbons (Fsp3) is 0.333. The summed E-state index contributed by atoms with van der Waals surface area (Å²) in [7, 11) is 0. The van der Waals surface area contributed by atoms with Crippen molar-refractivity contribution >= 4 is 11.8 Å². The van der Waals surface area contributed by atoms with Crippen LogP contribution in [0.4, 0.5) is 0 Å². The molecular formula is C21H24N2O2. The van der Waals surface area contributed by atoms with Gasteiger partial charge in [0.25, 0.3) is 5.91 Å². The standard InChI is InChI=1S/C21H24N2O2/c1-16-7-5-6-10-19(16)21(25)22-15-20(24)23-13-11-18(12-14-23)17-8-3-2-4-9-17/h2-10,18H,11-15H2,1H3,(H,22,25). The van der Waals surface area contributed by atoms with E-state index in [1.165, 1.54) is 5.56 Å². The van der Waals surface area contributed by atoms with E-state index >= 15 is 0 Å². The molecule has 2 amide bonds. The van der Waals surface area contributed by atoms with E-state index in [2.05, 4.69) is 29.6 Å². The van der Waals surface area contributed by atoms with Crippen LogP contribution in [0.5, 0.6) is 0 Å². The van der Waals surface area contributed by atoms with Gasteiger partial charge in [-0.1, -0.05) is 48.5 Å². The van der Waals surface area contributed by atoms with Crippen LogP contribution in [0.25, 0.3) is 0 Å². The molecule has 1 heterocycles. The van der Waals surface area contributed by atoms with Crippen molar-refractivity contribution in [1.29, 1.82) is 0 Å². The zero-order valence-corrected chi connectivity index (χ0v) is 14.6. The third kappa shape index (κ3) is 4.27. The molecule has 2 aromatic carbocycles. The minimum absolute atomic E-state index is 0.00607. The molecule has 3 rings (SSSR count). The van der Waals surface area contributed by atoms with Crippen LogP contribution in [-0.4, -0.2) is 36.3 Å². The molecule has 25 heavy (non-hydrogen) atoms. The molecule has 0 aliphatic carbocycles. The maximum atomic E-state index is 12.4. The van der Waals surface area contributed by atoms with Crippen LogP contribution in [0.3, 0.4) is 0 Å². The molecule has 0 spiro atoms. The van der Waals surface area contributed by atoms with Crippen LogP contribution in [-0.2, 0) is 4.79 Å². The first-order valence-electron chi connectivity index (χ1n) is 8.81. The molecule has 4 heteroatoms. The number of amides is 2. The number of likely N-dealkylation sites (tertiary alicyclic amines) is 1. The van der Waals surface area contributed by atoms with E-state index in [-0.39, 0.29) is 18.4 Å². The van der Waals surface area contributed by atoms with Gasteiger partial charge in [-0.25, -0.2) is 0 Å². The molecular weight excluding hydrogens is 312 g/mol. The smallest absolute Gasteiger partial charge is 0.251 e. The van der Waals surface area contributed by atoms with E-state index in [4.69, 9.17) is 0 Å². The normalized spacial score (nSPS) is 15.0. The summed E-state index contributed by atoms with van der Waals surface area (Å²) in [5, 5.41) is 2.75. The molecule has 0 bridgehead atoms. The van der Waals surface area contributed by atoms with E-state index in [0.717, 1.165) is 31.5 Å². The van der Waals surface area contributed by atoms with E-state index in [1.807, 2.05) is 36.1 Å². The molecule has 2 aromatic rings. The minimum atomic E-state index is -0.189. The second-order valence-corrected chi connectivity index (χ2v) is 6.56. The summed E-state index contributed by atoms with van der Waals surface area (Å²) >= 11 is 0. The molecule has 0 saturated carbocycles. The summed E-state index contributed by atoms with van der Waals surface area (Å²) in [5.41, 5.74) is 2.89. The fourth-order valence-corrected chi connectivity index (χ4v) is 3.38. The first-order valence-corrected chi connectivity index (χ1v) is 8.81. The topological polar surface area (TPSA) is 49.4 Å². The summed E-state index contributed by atoms with van der Waals surface area (Å²) in [4.78, 5) is 26.4. The van der Waals surface area contributed by atoms with Gasteiger partial charge in [0, 0.05) is 18.7 Å². The Hall–Kier alpha value is -2.62. The van der Waals surface area contributed by atoms with Crippen molar-refractivity contribution in [2.45, 2.75) is 25.7 Å². The van der Waals surface area contributed by atoms with Crippen molar-refractivity contribution < 1.29 is 9.59 Å². The van der Waals surface area contributed by atoms with E-state index < -0.39 is 0 Å². The average Bonchev–Trinajstić information content (AvgIpc) is 2.67. The van der Waals surface area contributed by atoms with Gasteiger partial charge in [-0.2, -0.15) is 0 Å². The molecule has 0 radical (unpaired) electrons. The third-order valence-corrected chi connectivity index (χ3v) is 4.91. The first-order chi connectivity index (χ1) is 12.1. The Morgan fingerprint density at radius 3 is 2.32 bits per heavy atom. The monoisotopic (exact) mass is 336 g/mol. The molecule has 1 N–H and O–H groups in total. The highest BCUT2D eigenvalue weighted by Gasteiger charge is 2.23. The second kappa shape index (κ2) is 7.97.